The lowest BCUT2D eigenvalue weighted by Gasteiger charge is -2.23. The second kappa shape index (κ2) is 8.22. The number of benzene rings is 1. The molecule has 8 nitrogen and oxygen atoms in total. The number of aryl methyl sites for hydroxylation is 2. The van der Waals surface area contributed by atoms with Gasteiger partial charge in [-0.15, -0.1) is 0 Å². The van der Waals surface area contributed by atoms with Gasteiger partial charge in [-0.3, -0.25) is 4.57 Å². The summed E-state index contributed by atoms with van der Waals surface area (Å²) in [6, 6.07) is 7.54. The SMILES string of the molecule is Cc1cc(C)nc(NCC(Cc2nc3ccc(CO)cc3[nH]2)P2(=O)CCCO2)n1. The molecule has 1 fully saturated rings. The fourth-order valence-electron chi connectivity index (χ4n) is 3.75. The first-order valence-electron chi connectivity index (χ1n) is 9.83. The van der Waals surface area contributed by atoms with Crippen LogP contribution in [0.15, 0.2) is 24.3 Å². The molecule has 0 amide bonds. The van der Waals surface area contributed by atoms with Crippen LogP contribution in [0.5, 0.6) is 0 Å². The van der Waals surface area contributed by atoms with Crippen LogP contribution in [-0.2, 0) is 22.1 Å². The third-order valence-electron chi connectivity index (χ3n) is 5.17. The summed E-state index contributed by atoms with van der Waals surface area (Å²) in [7, 11) is -2.78. The Morgan fingerprint density at radius 2 is 2.03 bits per heavy atom. The number of rotatable bonds is 7. The molecule has 3 heterocycles. The Bertz CT molecular complexity index is 1040. The number of H-pyrrole nitrogens is 1. The number of hydrogen-bond acceptors (Lipinski definition) is 7. The van der Waals surface area contributed by atoms with E-state index in [1.54, 1.807) is 0 Å². The Labute approximate surface area is 169 Å². The van der Waals surface area contributed by atoms with E-state index in [2.05, 4.69) is 25.3 Å². The Kier molecular flexibility index (Phi) is 5.67. The molecule has 0 radical (unpaired) electrons. The van der Waals surface area contributed by atoms with E-state index in [1.165, 1.54) is 0 Å². The van der Waals surface area contributed by atoms with Gasteiger partial charge in [0.1, 0.15) is 5.82 Å². The summed E-state index contributed by atoms with van der Waals surface area (Å²) >= 11 is 0. The lowest BCUT2D eigenvalue weighted by atomic mass is 10.2. The smallest absolute Gasteiger partial charge is 0.223 e. The van der Waals surface area contributed by atoms with Crippen LogP contribution in [0.2, 0.25) is 0 Å². The number of aliphatic hydroxyl groups excluding tert-OH is 1. The van der Waals surface area contributed by atoms with E-state index in [0.717, 1.165) is 40.2 Å². The van der Waals surface area contributed by atoms with Gasteiger partial charge in [0, 0.05) is 30.5 Å². The first-order chi connectivity index (χ1) is 13.9. The van der Waals surface area contributed by atoms with Gasteiger partial charge in [0.25, 0.3) is 0 Å². The number of aliphatic hydroxyl groups is 1. The summed E-state index contributed by atoms with van der Waals surface area (Å²) in [5, 5.41) is 12.6. The molecule has 2 aromatic heterocycles. The van der Waals surface area contributed by atoms with Crippen molar-refractivity contribution in [3.63, 3.8) is 0 Å². The molecule has 3 N–H and O–H groups in total. The van der Waals surface area contributed by atoms with Crippen LogP contribution in [-0.4, -0.2) is 50.0 Å². The van der Waals surface area contributed by atoms with Crippen molar-refractivity contribution in [3.05, 3.63) is 47.0 Å². The molecule has 9 heteroatoms. The normalized spacial score (nSPS) is 20.2. The molecule has 1 aliphatic heterocycles. The van der Waals surface area contributed by atoms with Crippen LogP contribution < -0.4 is 5.32 Å². The van der Waals surface area contributed by atoms with Crippen molar-refractivity contribution in [2.24, 2.45) is 0 Å². The first kappa shape index (κ1) is 20.0. The molecule has 2 atom stereocenters. The summed E-state index contributed by atoms with van der Waals surface area (Å²) in [4.78, 5) is 16.8. The second-order valence-electron chi connectivity index (χ2n) is 7.54. The number of nitrogens with zero attached hydrogens (tertiary/aromatic N) is 3. The summed E-state index contributed by atoms with van der Waals surface area (Å²) in [5.74, 6) is 1.30. The van der Waals surface area contributed by atoms with Crippen LogP contribution in [0.4, 0.5) is 5.95 Å². The van der Waals surface area contributed by atoms with E-state index < -0.39 is 7.37 Å². The molecule has 0 saturated carbocycles. The molecule has 3 aromatic rings. The topological polar surface area (TPSA) is 113 Å². The van der Waals surface area contributed by atoms with Crippen molar-refractivity contribution in [2.45, 2.75) is 39.0 Å². The molecular formula is C20H26N5O3P. The zero-order valence-corrected chi connectivity index (χ0v) is 17.6. The summed E-state index contributed by atoms with van der Waals surface area (Å²) in [6.45, 7) is 4.81. The largest absolute Gasteiger partial charge is 0.392 e. The molecule has 1 aromatic carbocycles. The zero-order chi connectivity index (χ0) is 20.4. The predicted octanol–water partition coefficient (Wildman–Crippen LogP) is 3.18. The van der Waals surface area contributed by atoms with E-state index in [9.17, 15) is 9.67 Å². The highest BCUT2D eigenvalue weighted by Gasteiger charge is 2.38. The zero-order valence-electron chi connectivity index (χ0n) is 16.7. The Hall–Kier alpha value is -2.28. The van der Waals surface area contributed by atoms with Crippen molar-refractivity contribution in [1.82, 2.24) is 19.9 Å². The highest BCUT2D eigenvalue weighted by molar-refractivity contribution is 7.60. The van der Waals surface area contributed by atoms with E-state index in [1.807, 2.05) is 38.1 Å². The molecule has 0 aliphatic carbocycles. The summed E-state index contributed by atoms with van der Waals surface area (Å²) in [5.41, 5.74) is 4.06. The van der Waals surface area contributed by atoms with E-state index in [0.29, 0.717) is 31.7 Å². The van der Waals surface area contributed by atoms with Crippen LogP contribution in [0.25, 0.3) is 11.0 Å². The van der Waals surface area contributed by atoms with Gasteiger partial charge in [0.2, 0.25) is 13.3 Å². The van der Waals surface area contributed by atoms with Gasteiger partial charge < -0.3 is 19.9 Å². The van der Waals surface area contributed by atoms with Crippen molar-refractivity contribution in [1.29, 1.82) is 0 Å². The fraction of sp³-hybridized carbons (Fsp3) is 0.450. The molecule has 154 valence electrons. The van der Waals surface area contributed by atoms with Crippen LogP contribution >= 0.6 is 7.37 Å². The Morgan fingerprint density at radius 1 is 1.24 bits per heavy atom. The van der Waals surface area contributed by atoms with E-state index >= 15 is 0 Å². The maximum atomic E-state index is 13.4. The van der Waals surface area contributed by atoms with Crippen molar-refractivity contribution in [3.8, 4) is 0 Å². The maximum absolute atomic E-state index is 13.4. The van der Waals surface area contributed by atoms with Gasteiger partial charge in [0.15, 0.2) is 0 Å². The predicted molar refractivity (Wildman–Crippen MR) is 113 cm³/mol. The molecule has 1 aliphatic rings. The quantitative estimate of drug-likeness (QED) is 0.508. The summed E-state index contributed by atoms with van der Waals surface area (Å²) in [6.07, 6.45) is 1.90. The molecule has 4 rings (SSSR count). The van der Waals surface area contributed by atoms with Crippen LogP contribution in [0.3, 0.4) is 0 Å². The third-order valence-corrected chi connectivity index (χ3v) is 8.20. The van der Waals surface area contributed by atoms with E-state index in [-0.39, 0.29) is 12.3 Å². The number of fused-ring (bicyclic) bond motifs is 1. The molecule has 2 unspecified atom stereocenters. The number of imidazole rings is 1. The lowest BCUT2D eigenvalue weighted by Crippen LogP contribution is -2.25. The van der Waals surface area contributed by atoms with Gasteiger partial charge in [-0.05, 0) is 44.0 Å². The van der Waals surface area contributed by atoms with Crippen molar-refractivity contribution < 1.29 is 14.2 Å². The van der Waals surface area contributed by atoms with E-state index in [4.69, 9.17) is 4.52 Å². The van der Waals surface area contributed by atoms with Crippen molar-refractivity contribution >= 4 is 24.4 Å². The minimum absolute atomic E-state index is 0.0181. The number of nitrogens with one attached hydrogen (secondary N) is 2. The van der Waals surface area contributed by atoms with Gasteiger partial charge in [-0.25, -0.2) is 15.0 Å². The van der Waals surface area contributed by atoms with Gasteiger partial charge in [-0.2, -0.15) is 0 Å². The number of hydrogen-bond donors (Lipinski definition) is 3. The highest BCUT2D eigenvalue weighted by Crippen LogP contribution is 2.56. The fourth-order valence-corrected chi connectivity index (χ4v) is 6.28. The first-order valence-corrected chi connectivity index (χ1v) is 11.7. The van der Waals surface area contributed by atoms with Gasteiger partial charge in [0.05, 0.1) is 29.9 Å². The average molecular weight is 415 g/mol. The molecular weight excluding hydrogens is 389 g/mol. The second-order valence-corrected chi connectivity index (χ2v) is 10.4. The molecule has 0 bridgehead atoms. The summed E-state index contributed by atoms with van der Waals surface area (Å²) < 4.78 is 19.1. The number of aromatic amines is 1. The van der Waals surface area contributed by atoms with Gasteiger partial charge in [-0.1, -0.05) is 6.07 Å². The third kappa shape index (κ3) is 4.50. The molecule has 29 heavy (non-hydrogen) atoms. The molecule has 0 spiro atoms. The minimum atomic E-state index is -2.78. The van der Waals surface area contributed by atoms with Crippen molar-refractivity contribution in [2.75, 3.05) is 24.6 Å². The van der Waals surface area contributed by atoms with Crippen LogP contribution in [0, 0.1) is 13.8 Å². The highest BCUT2D eigenvalue weighted by atomic mass is 31.2. The van der Waals surface area contributed by atoms with Gasteiger partial charge >= 0.3 is 0 Å². The van der Waals surface area contributed by atoms with Crippen LogP contribution in [0.1, 0.15) is 29.2 Å². The average Bonchev–Trinajstić information content (AvgIpc) is 3.30. The Morgan fingerprint density at radius 3 is 2.72 bits per heavy atom. The minimum Gasteiger partial charge on any atom is -0.392 e. The Balaban J connectivity index is 1.56. The number of aromatic nitrogens is 4. The lowest BCUT2D eigenvalue weighted by molar-refractivity contribution is 0.282. The standard InChI is InChI=1S/C20H26N5O3P/c1-13-8-14(2)23-20(22-13)21-11-16(29(27)7-3-6-28-29)10-19-24-17-5-4-15(12-26)9-18(17)25-19/h4-5,8-9,16,26H,3,6-7,10-12H2,1-2H3,(H,24,25)(H,21,22,23). The number of anilines is 1. The monoisotopic (exact) mass is 415 g/mol. The maximum Gasteiger partial charge on any atom is 0.223 e. The molecule has 1 saturated heterocycles.